The normalized spacial score (nSPS) is 16.1. The molecule has 1 N–H and O–H groups in total. The van der Waals surface area contributed by atoms with Crippen LogP contribution in [0.4, 0.5) is 0 Å². The molecule has 1 saturated heterocycles. The maximum atomic E-state index is 4.33. The summed E-state index contributed by atoms with van der Waals surface area (Å²) in [5, 5.41) is 1.28. The van der Waals surface area contributed by atoms with E-state index in [1.807, 2.05) is 26.1 Å². The van der Waals surface area contributed by atoms with Gasteiger partial charge < -0.3 is 9.88 Å². The van der Waals surface area contributed by atoms with Crippen LogP contribution in [0.15, 0.2) is 24.5 Å². The highest BCUT2D eigenvalue weighted by molar-refractivity contribution is 5.79. The maximum Gasteiger partial charge on any atom is 0.137 e. The van der Waals surface area contributed by atoms with Gasteiger partial charge in [0.1, 0.15) is 5.65 Å². The first-order valence-corrected chi connectivity index (χ1v) is 7.57. The molecule has 2 aromatic heterocycles. The Morgan fingerprint density at radius 1 is 1.21 bits per heavy atom. The standard InChI is InChI=1S/C14H19N3.C2H6/c1-2-8-17(9-3-1)10-6-12-11-16-14-13(12)5-4-7-15-14;1-2/h4-5,7,11H,1-3,6,8-10H2,(H,15,16);1-2H3. The van der Waals surface area contributed by atoms with E-state index in [9.17, 15) is 0 Å². The zero-order valence-electron chi connectivity index (χ0n) is 12.2. The number of nitrogens with zero attached hydrogens (tertiary/aromatic N) is 2. The van der Waals surface area contributed by atoms with E-state index in [0.29, 0.717) is 0 Å². The van der Waals surface area contributed by atoms with E-state index < -0.39 is 0 Å². The highest BCUT2D eigenvalue weighted by atomic mass is 15.1. The van der Waals surface area contributed by atoms with Gasteiger partial charge in [-0.3, -0.25) is 0 Å². The van der Waals surface area contributed by atoms with Gasteiger partial charge in [0.05, 0.1) is 0 Å². The van der Waals surface area contributed by atoms with Crippen molar-refractivity contribution in [2.45, 2.75) is 39.5 Å². The zero-order valence-corrected chi connectivity index (χ0v) is 12.2. The number of likely N-dealkylation sites (tertiary alicyclic amines) is 1. The van der Waals surface area contributed by atoms with Gasteiger partial charge in [0.2, 0.25) is 0 Å². The molecule has 1 fully saturated rings. The SMILES string of the molecule is CC.c1cnc2[nH]cc(CCN3CCCCC3)c2c1. The molecular formula is C16H25N3. The van der Waals surface area contributed by atoms with Gasteiger partial charge in [0, 0.05) is 24.3 Å². The van der Waals surface area contributed by atoms with E-state index in [-0.39, 0.29) is 0 Å². The third-order valence-electron chi connectivity index (χ3n) is 3.68. The van der Waals surface area contributed by atoms with Crippen molar-refractivity contribution in [3.8, 4) is 0 Å². The second-order valence-electron chi connectivity index (χ2n) is 4.87. The minimum atomic E-state index is 1.01. The summed E-state index contributed by atoms with van der Waals surface area (Å²) in [5.74, 6) is 0. The number of piperidine rings is 1. The van der Waals surface area contributed by atoms with E-state index in [1.54, 1.807) is 0 Å². The number of hydrogen-bond donors (Lipinski definition) is 1. The lowest BCUT2D eigenvalue weighted by atomic mass is 10.1. The lowest BCUT2D eigenvalue weighted by molar-refractivity contribution is 0.231. The molecule has 3 heteroatoms. The van der Waals surface area contributed by atoms with Crippen LogP contribution >= 0.6 is 0 Å². The molecule has 0 aromatic carbocycles. The van der Waals surface area contributed by atoms with Crippen LogP contribution in [-0.2, 0) is 6.42 Å². The summed E-state index contributed by atoms with van der Waals surface area (Å²) in [7, 11) is 0. The average molecular weight is 259 g/mol. The smallest absolute Gasteiger partial charge is 0.137 e. The lowest BCUT2D eigenvalue weighted by Gasteiger charge is -2.26. The molecule has 0 saturated carbocycles. The summed E-state index contributed by atoms with van der Waals surface area (Å²) < 4.78 is 0. The minimum absolute atomic E-state index is 1.01. The van der Waals surface area contributed by atoms with E-state index >= 15 is 0 Å². The molecule has 3 rings (SSSR count). The Morgan fingerprint density at radius 2 is 2.00 bits per heavy atom. The number of nitrogens with one attached hydrogen (secondary N) is 1. The van der Waals surface area contributed by atoms with Gasteiger partial charge in [-0.15, -0.1) is 0 Å². The highest BCUT2D eigenvalue weighted by Crippen LogP contribution is 2.17. The average Bonchev–Trinajstić information content (AvgIpc) is 2.92. The Morgan fingerprint density at radius 3 is 2.79 bits per heavy atom. The van der Waals surface area contributed by atoms with Gasteiger partial charge >= 0.3 is 0 Å². The second-order valence-corrected chi connectivity index (χ2v) is 4.87. The fraction of sp³-hybridized carbons (Fsp3) is 0.562. The monoisotopic (exact) mass is 259 g/mol. The molecule has 0 unspecified atom stereocenters. The molecule has 3 heterocycles. The molecule has 0 radical (unpaired) electrons. The van der Waals surface area contributed by atoms with Crippen molar-refractivity contribution in [3.05, 3.63) is 30.1 Å². The minimum Gasteiger partial charge on any atom is -0.346 e. The van der Waals surface area contributed by atoms with Crippen LogP contribution in [0.1, 0.15) is 38.7 Å². The Labute approximate surface area is 116 Å². The molecule has 104 valence electrons. The van der Waals surface area contributed by atoms with E-state index in [1.165, 1.54) is 49.8 Å². The highest BCUT2D eigenvalue weighted by Gasteiger charge is 2.11. The predicted octanol–water partition coefficient (Wildman–Crippen LogP) is 3.62. The van der Waals surface area contributed by atoms with Crippen LogP contribution in [0.2, 0.25) is 0 Å². The molecule has 0 bridgehead atoms. The summed E-state index contributed by atoms with van der Waals surface area (Å²) in [6, 6.07) is 4.17. The van der Waals surface area contributed by atoms with Gasteiger partial charge in [0.25, 0.3) is 0 Å². The Balaban J connectivity index is 0.000000637. The molecule has 3 nitrogen and oxygen atoms in total. The molecule has 1 aliphatic rings. The van der Waals surface area contributed by atoms with Crippen LogP contribution in [0.25, 0.3) is 11.0 Å². The van der Waals surface area contributed by atoms with Crippen LogP contribution < -0.4 is 0 Å². The van der Waals surface area contributed by atoms with Crippen molar-refractivity contribution in [1.29, 1.82) is 0 Å². The molecule has 0 atom stereocenters. The first kappa shape index (κ1) is 14.1. The maximum absolute atomic E-state index is 4.33. The summed E-state index contributed by atoms with van der Waals surface area (Å²) in [6.07, 6.45) is 9.24. The molecule has 0 spiro atoms. The fourth-order valence-electron chi connectivity index (χ4n) is 2.68. The Kier molecular flexibility index (Phi) is 5.40. The molecule has 19 heavy (non-hydrogen) atoms. The van der Waals surface area contributed by atoms with Crippen molar-refractivity contribution in [3.63, 3.8) is 0 Å². The first-order valence-electron chi connectivity index (χ1n) is 7.57. The molecular weight excluding hydrogens is 234 g/mol. The second kappa shape index (κ2) is 7.29. The molecule has 0 amide bonds. The Bertz CT molecular complexity index is 483. The van der Waals surface area contributed by atoms with Gasteiger partial charge in [0.15, 0.2) is 0 Å². The van der Waals surface area contributed by atoms with Crippen molar-refractivity contribution in [2.75, 3.05) is 19.6 Å². The van der Waals surface area contributed by atoms with Crippen LogP contribution in [-0.4, -0.2) is 34.5 Å². The quantitative estimate of drug-likeness (QED) is 0.913. The number of pyridine rings is 1. The fourth-order valence-corrected chi connectivity index (χ4v) is 2.68. The summed E-state index contributed by atoms with van der Waals surface area (Å²) in [5.41, 5.74) is 2.42. The first-order chi connectivity index (χ1) is 9.43. The summed E-state index contributed by atoms with van der Waals surface area (Å²) >= 11 is 0. The van der Waals surface area contributed by atoms with Gasteiger partial charge in [-0.25, -0.2) is 4.98 Å². The number of aromatic amines is 1. The molecule has 2 aromatic rings. The Hall–Kier alpha value is -1.35. The van der Waals surface area contributed by atoms with E-state index in [0.717, 1.165) is 12.1 Å². The number of fused-ring (bicyclic) bond motifs is 1. The molecule has 1 aliphatic heterocycles. The van der Waals surface area contributed by atoms with Crippen molar-refractivity contribution in [1.82, 2.24) is 14.9 Å². The van der Waals surface area contributed by atoms with Crippen LogP contribution in [0, 0.1) is 0 Å². The van der Waals surface area contributed by atoms with E-state index in [4.69, 9.17) is 0 Å². The third kappa shape index (κ3) is 3.57. The molecule has 0 aliphatic carbocycles. The summed E-state index contributed by atoms with van der Waals surface area (Å²) in [6.45, 7) is 7.74. The largest absolute Gasteiger partial charge is 0.346 e. The van der Waals surface area contributed by atoms with E-state index in [2.05, 4.69) is 27.1 Å². The van der Waals surface area contributed by atoms with Gasteiger partial charge in [-0.1, -0.05) is 20.3 Å². The van der Waals surface area contributed by atoms with Gasteiger partial charge in [-0.05, 0) is 50.0 Å². The predicted molar refractivity (Wildman–Crippen MR) is 81.4 cm³/mol. The summed E-state index contributed by atoms with van der Waals surface area (Å²) in [4.78, 5) is 10.2. The third-order valence-corrected chi connectivity index (χ3v) is 3.68. The number of H-pyrrole nitrogens is 1. The van der Waals surface area contributed by atoms with Crippen molar-refractivity contribution >= 4 is 11.0 Å². The topological polar surface area (TPSA) is 31.9 Å². The van der Waals surface area contributed by atoms with Crippen LogP contribution in [0.5, 0.6) is 0 Å². The van der Waals surface area contributed by atoms with Crippen molar-refractivity contribution in [2.24, 2.45) is 0 Å². The lowest BCUT2D eigenvalue weighted by Crippen LogP contribution is -2.31. The zero-order chi connectivity index (χ0) is 13.5. The number of aromatic nitrogens is 2. The van der Waals surface area contributed by atoms with Gasteiger partial charge in [-0.2, -0.15) is 0 Å². The van der Waals surface area contributed by atoms with Crippen molar-refractivity contribution < 1.29 is 0 Å². The van der Waals surface area contributed by atoms with Crippen LogP contribution in [0.3, 0.4) is 0 Å². The number of rotatable bonds is 3. The number of hydrogen-bond acceptors (Lipinski definition) is 2.